The zero-order chi connectivity index (χ0) is 16.3. The van der Waals surface area contributed by atoms with Crippen molar-refractivity contribution in [2.75, 3.05) is 6.61 Å². The zero-order valence-corrected chi connectivity index (χ0v) is 14.5. The van der Waals surface area contributed by atoms with Gasteiger partial charge in [0.2, 0.25) is 0 Å². The zero-order valence-electron chi connectivity index (χ0n) is 14.5. The first-order valence-corrected chi connectivity index (χ1v) is 9.38. The maximum Gasteiger partial charge on any atom is 0.331 e. The predicted octanol–water partition coefficient (Wildman–Crippen LogP) is 4.23. The number of aromatic nitrogens is 3. The molecule has 0 saturated carbocycles. The number of hydrogen-bond donors (Lipinski definition) is 0. The minimum absolute atomic E-state index is 0.180. The molecule has 0 bridgehead atoms. The third-order valence-electron chi connectivity index (χ3n) is 4.57. The van der Waals surface area contributed by atoms with Crippen molar-refractivity contribution >= 4 is 5.97 Å². The molecule has 23 heavy (non-hydrogen) atoms. The maximum atomic E-state index is 11.5. The van der Waals surface area contributed by atoms with Crippen molar-refractivity contribution < 1.29 is 9.53 Å². The van der Waals surface area contributed by atoms with Gasteiger partial charge in [0.25, 0.3) is 0 Å². The molecule has 1 aliphatic heterocycles. The van der Waals surface area contributed by atoms with Crippen molar-refractivity contribution in [2.45, 2.75) is 90.0 Å². The van der Waals surface area contributed by atoms with E-state index in [4.69, 9.17) is 4.74 Å². The second-order valence-electron chi connectivity index (χ2n) is 6.59. The van der Waals surface area contributed by atoms with Crippen molar-refractivity contribution in [1.29, 1.82) is 0 Å². The summed E-state index contributed by atoms with van der Waals surface area (Å²) in [6, 6.07) is -0.260. The first-order valence-electron chi connectivity index (χ1n) is 9.38. The summed E-state index contributed by atoms with van der Waals surface area (Å²) < 4.78 is 6.64. The fourth-order valence-electron chi connectivity index (χ4n) is 3.10. The molecule has 1 unspecified atom stereocenters. The van der Waals surface area contributed by atoms with E-state index < -0.39 is 0 Å². The SMILES string of the molecule is CCCCCCCCCCCCc1cn(C2CCOC2=O)nn1. The number of cyclic esters (lactones) is 1. The van der Waals surface area contributed by atoms with Gasteiger partial charge in [-0.1, -0.05) is 69.9 Å². The summed E-state index contributed by atoms with van der Waals surface area (Å²) >= 11 is 0. The normalized spacial score (nSPS) is 17.6. The standard InChI is InChI=1S/C18H31N3O2/c1-2-3-4-5-6-7-8-9-10-11-12-16-15-21(20-19-16)17-13-14-23-18(17)22/h15,17H,2-14H2,1H3. The fraction of sp³-hybridized carbons (Fsp3) is 0.833. The van der Waals surface area contributed by atoms with Gasteiger partial charge in [-0.3, -0.25) is 0 Å². The lowest BCUT2D eigenvalue weighted by molar-refractivity contribution is -0.140. The van der Waals surface area contributed by atoms with Crippen molar-refractivity contribution in [1.82, 2.24) is 15.0 Å². The molecule has 0 N–H and O–H groups in total. The highest BCUT2D eigenvalue weighted by Gasteiger charge is 2.29. The molecule has 1 aromatic heterocycles. The Hall–Kier alpha value is -1.39. The highest BCUT2D eigenvalue weighted by Crippen LogP contribution is 2.19. The van der Waals surface area contributed by atoms with Gasteiger partial charge in [-0.15, -0.1) is 5.10 Å². The van der Waals surface area contributed by atoms with Gasteiger partial charge in [-0.05, 0) is 12.8 Å². The summed E-state index contributed by atoms with van der Waals surface area (Å²) in [7, 11) is 0. The number of ether oxygens (including phenoxy) is 1. The van der Waals surface area contributed by atoms with Gasteiger partial charge in [-0.2, -0.15) is 0 Å². The van der Waals surface area contributed by atoms with E-state index in [2.05, 4.69) is 17.2 Å². The molecule has 0 radical (unpaired) electrons. The van der Waals surface area contributed by atoms with Gasteiger partial charge in [0.05, 0.1) is 12.3 Å². The van der Waals surface area contributed by atoms with E-state index in [1.165, 1.54) is 57.8 Å². The first-order chi connectivity index (χ1) is 11.3. The van der Waals surface area contributed by atoms with Crippen LogP contribution >= 0.6 is 0 Å². The molecule has 0 spiro atoms. The number of unbranched alkanes of at least 4 members (excludes halogenated alkanes) is 9. The molecule has 5 nitrogen and oxygen atoms in total. The molecule has 2 heterocycles. The monoisotopic (exact) mass is 321 g/mol. The van der Waals surface area contributed by atoms with Crippen LogP contribution in [-0.4, -0.2) is 27.6 Å². The summed E-state index contributed by atoms with van der Waals surface area (Å²) in [5, 5.41) is 8.25. The Morgan fingerprint density at radius 2 is 1.74 bits per heavy atom. The lowest BCUT2D eigenvalue weighted by Gasteiger charge is -2.03. The number of rotatable bonds is 12. The van der Waals surface area contributed by atoms with Crippen LogP contribution in [0.5, 0.6) is 0 Å². The average molecular weight is 321 g/mol. The predicted molar refractivity (Wildman–Crippen MR) is 90.2 cm³/mol. The third kappa shape index (κ3) is 6.32. The summed E-state index contributed by atoms with van der Waals surface area (Å²) in [5.74, 6) is -0.180. The van der Waals surface area contributed by atoms with Gasteiger partial charge in [0.15, 0.2) is 6.04 Å². The molecule has 5 heteroatoms. The van der Waals surface area contributed by atoms with Crippen molar-refractivity contribution in [2.24, 2.45) is 0 Å². The number of hydrogen-bond acceptors (Lipinski definition) is 4. The topological polar surface area (TPSA) is 57.0 Å². The molecule has 1 aromatic rings. The number of carbonyl (C=O) groups excluding carboxylic acids is 1. The van der Waals surface area contributed by atoms with Crippen molar-refractivity contribution in [3.63, 3.8) is 0 Å². The number of carbonyl (C=O) groups is 1. The second-order valence-corrected chi connectivity index (χ2v) is 6.59. The highest BCUT2D eigenvalue weighted by molar-refractivity contribution is 5.75. The van der Waals surface area contributed by atoms with Crippen molar-refractivity contribution in [3.8, 4) is 0 Å². The van der Waals surface area contributed by atoms with E-state index in [1.54, 1.807) is 4.68 Å². The lowest BCUT2D eigenvalue weighted by atomic mass is 10.1. The largest absolute Gasteiger partial charge is 0.464 e. The molecule has 1 atom stereocenters. The van der Waals surface area contributed by atoms with Gasteiger partial charge in [0.1, 0.15) is 0 Å². The third-order valence-corrected chi connectivity index (χ3v) is 4.57. The van der Waals surface area contributed by atoms with E-state index >= 15 is 0 Å². The Morgan fingerprint density at radius 1 is 1.09 bits per heavy atom. The Labute approximate surface area is 139 Å². The van der Waals surface area contributed by atoms with E-state index in [0.29, 0.717) is 13.0 Å². The first kappa shape index (κ1) is 18.0. The molecule has 1 saturated heterocycles. The van der Waals surface area contributed by atoms with Crippen LogP contribution in [0, 0.1) is 0 Å². The van der Waals surface area contributed by atoms with E-state index in [0.717, 1.165) is 18.5 Å². The van der Waals surface area contributed by atoms with Gasteiger partial charge >= 0.3 is 5.97 Å². The van der Waals surface area contributed by atoms with Crippen molar-refractivity contribution in [3.05, 3.63) is 11.9 Å². The summed E-state index contributed by atoms with van der Waals surface area (Å²) in [6.07, 6.45) is 17.0. The van der Waals surface area contributed by atoms with Crippen LogP contribution in [0.2, 0.25) is 0 Å². The summed E-state index contributed by atoms with van der Waals surface area (Å²) in [4.78, 5) is 11.5. The Kier molecular flexibility index (Phi) is 8.12. The smallest absolute Gasteiger partial charge is 0.331 e. The molecular formula is C18H31N3O2. The number of aryl methyl sites for hydroxylation is 1. The molecule has 0 aromatic carbocycles. The average Bonchev–Trinajstić information content (AvgIpc) is 3.18. The fourth-order valence-corrected chi connectivity index (χ4v) is 3.10. The van der Waals surface area contributed by atoms with Gasteiger partial charge in [0, 0.05) is 12.6 Å². The van der Waals surface area contributed by atoms with Crippen LogP contribution in [0.25, 0.3) is 0 Å². The molecular weight excluding hydrogens is 290 g/mol. The molecule has 2 rings (SSSR count). The van der Waals surface area contributed by atoms with Gasteiger partial charge in [-0.25, -0.2) is 9.48 Å². The molecule has 130 valence electrons. The molecule has 0 aliphatic carbocycles. The van der Waals surface area contributed by atoms with E-state index in [-0.39, 0.29) is 12.0 Å². The molecule has 1 aliphatic rings. The highest BCUT2D eigenvalue weighted by atomic mass is 16.5. The minimum atomic E-state index is -0.260. The van der Waals surface area contributed by atoms with Gasteiger partial charge < -0.3 is 4.74 Å². The molecule has 0 amide bonds. The number of nitrogens with zero attached hydrogens (tertiary/aromatic N) is 3. The Balaban J connectivity index is 1.50. The summed E-state index contributed by atoms with van der Waals surface area (Å²) in [6.45, 7) is 2.76. The maximum absolute atomic E-state index is 11.5. The quantitative estimate of drug-likeness (QED) is 0.427. The molecule has 1 fully saturated rings. The van der Waals surface area contributed by atoms with Crippen LogP contribution in [-0.2, 0) is 16.0 Å². The van der Waals surface area contributed by atoms with Crippen LogP contribution in [0.4, 0.5) is 0 Å². The van der Waals surface area contributed by atoms with E-state index in [1.807, 2.05) is 6.20 Å². The van der Waals surface area contributed by atoms with E-state index in [9.17, 15) is 4.79 Å². The van der Waals surface area contributed by atoms with Crippen LogP contribution in [0.3, 0.4) is 0 Å². The Morgan fingerprint density at radius 3 is 2.35 bits per heavy atom. The Bertz CT molecular complexity index is 459. The second kappa shape index (κ2) is 10.4. The van der Waals surface area contributed by atoms with Crippen LogP contribution in [0.15, 0.2) is 6.20 Å². The van der Waals surface area contributed by atoms with Crippen LogP contribution < -0.4 is 0 Å². The number of esters is 1. The summed E-state index contributed by atoms with van der Waals surface area (Å²) in [5.41, 5.74) is 0.990. The lowest BCUT2D eigenvalue weighted by Crippen LogP contribution is -2.14. The van der Waals surface area contributed by atoms with Crippen LogP contribution in [0.1, 0.15) is 89.3 Å². The minimum Gasteiger partial charge on any atom is -0.464 e.